The summed E-state index contributed by atoms with van der Waals surface area (Å²) in [7, 11) is 0. The van der Waals surface area contributed by atoms with Gasteiger partial charge in [-0.3, -0.25) is 0 Å². The van der Waals surface area contributed by atoms with Crippen molar-refractivity contribution in [2.45, 2.75) is 51.6 Å². The highest BCUT2D eigenvalue weighted by molar-refractivity contribution is 7.96. The number of aromatic nitrogens is 1. The first-order valence-corrected chi connectivity index (χ1v) is 11.1. The van der Waals surface area contributed by atoms with Gasteiger partial charge in [-0.2, -0.15) is 0 Å². The number of hydrogen-bond acceptors (Lipinski definition) is 7. The molecule has 0 amide bonds. The van der Waals surface area contributed by atoms with Gasteiger partial charge in [-0.1, -0.05) is 23.5 Å². The third-order valence-electron chi connectivity index (χ3n) is 4.22. The second-order valence-corrected chi connectivity index (χ2v) is 9.88. The van der Waals surface area contributed by atoms with Crippen molar-refractivity contribution in [3.8, 4) is 0 Å². The Morgan fingerprint density at radius 1 is 1.34 bits per heavy atom. The quantitative estimate of drug-likeness (QED) is 0.523. The number of thiazole rings is 1. The molecule has 0 aliphatic carbocycles. The van der Waals surface area contributed by atoms with Crippen LogP contribution < -0.4 is 10.6 Å². The summed E-state index contributed by atoms with van der Waals surface area (Å²) in [5.74, 6) is -1.35. The number of rotatable bonds is 8. The summed E-state index contributed by atoms with van der Waals surface area (Å²) in [6.45, 7) is 8.46. The normalized spacial score (nSPS) is 14.1. The first-order valence-electron chi connectivity index (χ1n) is 9.38. The Morgan fingerprint density at radius 2 is 2.10 bits per heavy atom. The third kappa shape index (κ3) is 5.40. The molecule has 0 bridgehead atoms. The molecule has 5 nitrogen and oxygen atoms in total. The fraction of sp³-hybridized carbons (Fsp3) is 0.450. The van der Waals surface area contributed by atoms with Crippen molar-refractivity contribution in [2.75, 3.05) is 11.9 Å². The summed E-state index contributed by atoms with van der Waals surface area (Å²) in [5.41, 5.74) is 1.57. The van der Waals surface area contributed by atoms with Crippen LogP contribution in [0.4, 0.5) is 13.9 Å². The number of nitrogens with one attached hydrogen (secondary N) is 2. The Bertz CT molecular complexity index is 899. The zero-order chi connectivity index (χ0) is 21.2. The van der Waals surface area contributed by atoms with Gasteiger partial charge < -0.3 is 20.0 Å². The molecule has 0 unspecified atom stereocenters. The molecule has 29 heavy (non-hydrogen) atoms. The van der Waals surface area contributed by atoms with E-state index in [2.05, 4.69) is 24.5 Å². The van der Waals surface area contributed by atoms with Crippen LogP contribution in [0.2, 0.25) is 0 Å². The zero-order valence-corrected chi connectivity index (χ0v) is 18.6. The van der Waals surface area contributed by atoms with Gasteiger partial charge in [0.05, 0.1) is 35.0 Å². The maximum Gasteiger partial charge on any atom is 0.183 e. The molecule has 1 aliphatic heterocycles. The maximum absolute atomic E-state index is 14.0. The molecule has 0 fully saturated rings. The van der Waals surface area contributed by atoms with Gasteiger partial charge in [0.2, 0.25) is 0 Å². The van der Waals surface area contributed by atoms with E-state index >= 15 is 0 Å². The molecular weight excluding hydrogens is 414 g/mol. The standard InChI is InChI=1S/C20H26F2N4OS2/c1-12(2)23-19-24-15-8-26(28-10-13-6-5-7-14(21)17(13)22)9-16(18(15)29-19)25-20(3,4)11-27/h5-7,9,12,25,27H,8,10-11H2,1-4H3,(H,23,24). The number of aliphatic hydroxyl groups is 1. The van der Waals surface area contributed by atoms with Crippen LogP contribution in [0.25, 0.3) is 5.70 Å². The number of anilines is 1. The lowest BCUT2D eigenvalue weighted by molar-refractivity contribution is 0.204. The average molecular weight is 441 g/mol. The van der Waals surface area contributed by atoms with Gasteiger partial charge >= 0.3 is 0 Å². The van der Waals surface area contributed by atoms with Gasteiger partial charge in [-0.25, -0.2) is 13.8 Å². The molecule has 3 N–H and O–H groups in total. The van der Waals surface area contributed by atoms with E-state index in [1.165, 1.54) is 18.0 Å². The average Bonchev–Trinajstić information content (AvgIpc) is 3.04. The van der Waals surface area contributed by atoms with Crippen LogP contribution in [0.3, 0.4) is 0 Å². The first-order chi connectivity index (χ1) is 13.7. The van der Waals surface area contributed by atoms with Gasteiger partial charge in [0.15, 0.2) is 16.8 Å². The Balaban J connectivity index is 1.83. The minimum Gasteiger partial charge on any atom is -0.394 e. The van der Waals surface area contributed by atoms with E-state index in [1.807, 2.05) is 24.4 Å². The highest BCUT2D eigenvalue weighted by Crippen LogP contribution is 2.37. The van der Waals surface area contributed by atoms with Crippen molar-refractivity contribution in [1.29, 1.82) is 0 Å². The summed E-state index contributed by atoms with van der Waals surface area (Å²) in [5, 5.41) is 17.2. The topological polar surface area (TPSA) is 60.4 Å². The lowest BCUT2D eigenvalue weighted by atomic mass is 10.1. The van der Waals surface area contributed by atoms with E-state index in [4.69, 9.17) is 4.98 Å². The van der Waals surface area contributed by atoms with Gasteiger partial charge in [-0.15, -0.1) is 0 Å². The van der Waals surface area contributed by atoms with Crippen LogP contribution in [0.1, 0.15) is 43.8 Å². The Hall–Kier alpha value is -1.84. The van der Waals surface area contributed by atoms with Crippen molar-refractivity contribution in [1.82, 2.24) is 14.6 Å². The predicted octanol–water partition coefficient (Wildman–Crippen LogP) is 4.56. The number of aliphatic hydroxyl groups excluding tert-OH is 1. The molecule has 1 aromatic heterocycles. The SMILES string of the molecule is CC(C)Nc1nc2c(s1)C(NC(C)(C)CO)=CN(SCc1cccc(F)c1F)C2. The zero-order valence-electron chi connectivity index (χ0n) is 16.9. The first kappa shape index (κ1) is 21.9. The smallest absolute Gasteiger partial charge is 0.183 e. The summed E-state index contributed by atoms with van der Waals surface area (Å²) in [6.07, 6.45) is 1.94. The van der Waals surface area contributed by atoms with E-state index in [-0.39, 0.29) is 12.6 Å². The van der Waals surface area contributed by atoms with Gasteiger partial charge in [0.1, 0.15) is 0 Å². The van der Waals surface area contributed by atoms with Crippen LogP contribution in [0, 0.1) is 11.6 Å². The summed E-state index contributed by atoms with van der Waals surface area (Å²) < 4.78 is 29.4. The lowest BCUT2D eigenvalue weighted by Gasteiger charge is -2.31. The minimum absolute atomic E-state index is 0.0305. The highest BCUT2D eigenvalue weighted by Gasteiger charge is 2.27. The van der Waals surface area contributed by atoms with E-state index < -0.39 is 17.2 Å². The molecule has 0 spiro atoms. The van der Waals surface area contributed by atoms with Gasteiger partial charge in [0.25, 0.3) is 0 Å². The molecule has 1 aromatic carbocycles. The number of halogens is 2. The van der Waals surface area contributed by atoms with Gasteiger partial charge in [-0.05, 0) is 45.7 Å². The number of nitrogens with zero attached hydrogens (tertiary/aromatic N) is 2. The fourth-order valence-corrected chi connectivity index (χ4v) is 4.77. The van der Waals surface area contributed by atoms with E-state index in [0.717, 1.165) is 27.5 Å². The summed E-state index contributed by atoms with van der Waals surface area (Å²) >= 11 is 2.95. The second-order valence-electron chi connectivity index (χ2n) is 7.87. The molecule has 0 radical (unpaired) electrons. The fourth-order valence-electron chi connectivity index (χ4n) is 2.76. The van der Waals surface area contributed by atoms with Crippen molar-refractivity contribution >= 4 is 34.1 Å². The second kappa shape index (κ2) is 8.89. The van der Waals surface area contributed by atoms with Crippen LogP contribution >= 0.6 is 23.3 Å². The number of benzene rings is 1. The van der Waals surface area contributed by atoms with Crippen molar-refractivity contribution in [2.24, 2.45) is 0 Å². The number of hydrogen-bond donors (Lipinski definition) is 3. The predicted molar refractivity (Wildman–Crippen MR) is 116 cm³/mol. The maximum atomic E-state index is 14.0. The van der Waals surface area contributed by atoms with Crippen molar-refractivity contribution in [3.63, 3.8) is 0 Å². The molecule has 2 heterocycles. The molecule has 3 rings (SSSR count). The molecule has 0 saturated carbocycles. The minimum atomic E-state index is -0.837. The molecule has 2 aromatic rings. The monoisotopic (exact) mass is 440 g/mol. The Morgan fingerprint density at radius 3 is 2.79 bits per heavy atom. The molecule has 9 heteroatoms. The molecule has 0 saturated heterocycles. The lowest BCUT2D eigenvalue weighted by Crippen LogP contribution is -2.42. The Kier molecular flexibility index (Phi) is 6.70. The van der Waals surface area contributed by atoms with Crippen LogP contribution in [0.5, 0.6) is 0 Å². The van der Waals surface area contributed by atoms with Crippen LogP contribution in [0.15, 0.2) is 24.4 Å². The van der Waals surface area contributed by atoms with E-state index in [0.29, 0.717) is 17.9 Å². The molecular formula is C20H26F2N4OS2. The van der Waals surface area contributed by atoms with E-state index in [9.17, 15) is 13.9 Å². The molecule has 1 aliphatic rings. The largest absolute Gasteiger partial charge is 0.394 e. The van der Waals surface area contributed by atoms with Crippen molar-refractivity contribution in [3.05, 3.63) is 52.2 Å². The van der Waals surface area contributed by atoms with Crippen molar-refractivity contribution < 1.29 is 13.9 Å². The summed E-state index contributed by atoms with van der Waals surface area (Å²) in [6, 6.07) is 4.48. The van der Waals surface area contributed by atoms with Crippen LogP contribution in [-0.2, 0) is 12.3 Å². The van der Waals surface area contributed by atoms with Gasteiger partial charge in [0, 0.05) is 23.6 Å². The highest BCUT2D eigenvalue weighted by atomic mass is 32.2. The molecule has 0 atom stereocenters. The number of fused-ring (bicyclic) bond motifs is 1. The third-order valence-corrected chi connectivity index (χ3v) is 6.29. The Labute approximate surface area is 178 Å². The van der Waals surface area contributed by atoms with E-state index in [1.54, 1.807) is 17.4 Å². The summed E-state index contributed by atoms with van der Waals surface area (Å²) in [4.78, 5) is 5.73. The molecule has 158 valence electrons. The van der Waals surface area contributed by atoms with Crippen LogP contribution in [-0.4, -0.2) is 32.6 Å².